The standard InChI is InChI=1S/C19H18BrClN2O2/c1-12(13-5-3-2-4-6-13)23-11-14(9-18(23)24)19(25)22-15-7-8-16(20)17(21)10-15/h2-8,10,12,14H,9,11H2,1H3,(H,22,25)/t12-,14+/m0/s1. The molecule has 1 aliphatic rings. The Bertz CT molecular complexity index is 797. The number of halogens is 2. The van der Waals surface area contributed by atoms with E-state index in [9.17, 15) is 9.59 Å². The zero-order chi connectivity index (χ0) is 18.0. The van der Waals surface area contributed by atoms with Gasteiger partial charge in [-0.3, -0.25) is 9.59 Å². The highest BCUT2D eigenvalue weighted by Crippen LogP contribution is 2.30. The molecule has 4 nitrogen and oxygen atoms in total. The minimum Gasteiger partial charge on any atom is -0.335 e. The molecule has 2 aromatic rings. The van der Waals surface area contributed by atoms with Crippen molar-refractivity contribution in [1.29, 1.82) is 0 Å². The van der Waals surface area contributed by atoms with Crippen molar-refractivity contribution in [2.45, 2.75) is 19.4 Å². The van der Waals surface area contributed by atoms with E-state index < -0.39 is 0 Å². The van der Waals surface area contributed by atoms with Gasteiger partial charge >= 0.3 is 0 Å². The summed E-state index contributed by atoms with van der Waals surface area (Å²) in [6.07, 6.45) is 0.229. The lowest BCUT2D eigenvalue weighted by atomic mass is 10.1. The minimum atomic E-state index is -0.360. The van der Waals surface area contributed by atoms with Gasteiger partial charge in [-0.2, -0.15) is 0 Å². The molecule has 0 saturated carbocycles. The molecule has 1 saturated heterocycles. The Morgan fingerprint density at radius 3 is 2.68 bits per heavy atom. The van der Waals surface area contributed by atoms with Gasteiger partial charge in [-0.05, 0) is 46.6 Å². The zero-order valence-corrected chi connectivity index (χ0v) is 16.0. The maximum atomic E-state index is 12.5. The van der Waals surface area contributed by atoms with Crippen LogP contribution in [0, 0.1) is 5.92 Å². The van der Waals surface area contributed by atoms with Crippen molar-refractivity contribution in [2.24, 2.45) is 5.92 Å². The Kier molecular flexibility index (Phi) is 5.45. The maximum absolute atomic E-state index is 12.5. The highest BCUT2D eigenvalue weighted by molar-refractivity contribution is 9.10. The number of hydrogen-bond donors (Lipinski definition) is 1. The monoisotopic (exact) mass is 420 g/mol. The quantitative estimate of drug-likeness (QED) is 0.781. The van der Waals surface area contributed by atoms with Crippen molar-refractivity contribution >= 4 is 45.0 Å². The number of anilines is 1. The molecule has 0 spiro atoms. The summed E-state index contributed by atoms with van der Waals surface area (Å²) < 4.78 is 0.770. The Labute approximate surface area is 160 Å². The van der Waals surface area contributed by atoms with Gasteiger partial charge in [0.25, 0.3) is 0 Å². The smallest absolute Gasteiger partial charge is 0.229 e. The van der Waals surface area contributed by atoms with Crippen LogP contribution in [-0.2, 0) is 9.59 Å². The molecule has 1 heterocycles. The minimum absolute atomic E-state index is 0.00495. The molecule has 0 bridgehead atoms. The molecular weight excluding hydrogens is 404 g/mol. The number of rotatable bonds is 4. The third kappa shape index (κ3) is 4.05. The molecule has 0 aliphatic carbocycles. The second kappa shape index (κ2) is 7.58. The second-order valence-electron chi connectivity index (χ2n) is 6.15. The van der Waals surface area contributed by atoms with Crippen LogP contribution in [0.1, 0.15) is 24.9 Å². The number of hydrogen-bond acceptors (Lipinski definition) is 2. The second-order valence-corrected chi connectivity index (χ2v) is 7.41. The topological polar surface area (TPSA) is 49.4 Å². The first-order chi connectivity index (χ1) is 12.0. The number of nitrogens with zero attached hydrogens (tertiary/aromatic N) is 1. The van der Waals surface area contributed by atoms with E-state index in [2.05, 4.69) is 21.2 Å². The van der Waals surface area contributed by atoms with Gasteiger partial charge in [0, 0.05) is 23.1 Å². The van der Waals surface area contributed by atoms with Crippen LogP contribution >= 0.6 is 27.5 Å². The Morgan fingerprint density at radius 2 is 2.00 bits per heavy atom. The average molecular weight is 422 g/mol. The van der Waals surface area contributed by atoms with Gasteiger partial charge < -0.3 is 10.2 Å². The van der Waals surface area contributed by atoms with E-state index in [-0.39, 0.29) is 30.2 Å². The van der Waals surface area contributed by atoms with Crippen LogP contribution < -0.4 is 5.32 Å². The zero-order valence-electron chi connectivity index (χ0n) is 13.7. The van der Waals surface area contributed by atoms with E-state index in [0.717, 1.165) is 10.0 Å². The van der Waals surface area contributed by atoms with Crippen LogP contribution in [0.5, 0.6) is 0 Å². The largest absolute Gasteiger partial charge is 0.335 e. The summed E-state index contributed by atoms with van der Waals surface area (Å²) in [4.78, 5) is 26.7. The predicted octanol–water partition coefficient (Wildman–Crippen LogP) is 4.65. The first-order valence-corrected chi connectivity index (χ1v) is 9.23. The van der Waals surface area contributed by atoms with Crippen LogP contribution in [0.4, 0.5) is 5.69 Å². The fourth-order valence-corrected chi connectivity index (χ4v) is 3.44. The first-order valence-electron chi connectivity index (χ1n) is 8.06. The van der Waals surface area contributed by atoms with Crippen molar-refractivity contribution in [3.8, 4) is 0 Å². The molecule has 2 amide bonds. The highest BCUT2D eigenvalue weighted by Gasteiger charge is 2.37. The molecule has 1 aliphatic heterocycles. The van der Waals surface area contributed by atoms with Gasteiger partial charge in [0.15, 0.2) is 0 Å². The fourth-order valence-electron chi connectivity index (χ4n) is 3.01. The van der Waals surface area contributed by atoms with Crippen LogP contribution in [0.25, 0.3) is 0 Å². The van der Waals surface area contributed by atoms with E-state index in [4.69, 9.17) is 11.6 Å². The van der Waals surface area contributed by atoms with Crippen molar-refractivity contribution < 1.29 is 9.59 Å². The lowest BCUT2D eigenvalue weighted by Gasteiger charge is -2.25. The van der Waals surface area contributed by atoms with E-state index in [1.165, 1.54) is 0 Å². The Balaban J connectivity index is 1.67. The van der Waals surface area contributed by atoms with E-state index in [0.29, 0.717) is 17.3 Å². The molecule has 0 unspecified atom stereocenters. The Hall–Kier alpha value is -1.85. The maximum Gasteiger partial charge on any atom is 0.229 e. The third-order valence-corrected chi connectivity index (χ3v) is 5.70. The van der Waals surface area contributed by atoms with Crippen molar-refractivity contribution in [1.82, 2.24) is 4.90 Å². The average Bonchev–Trinajstić information content (AvgIpc) is 3.00. The van der Waals surface area contributed by atoms with Gasteiger partial charge in [-0.1, -0.05) is 41.9 Å². The summed E-state index contributed by atoms with van der Waals surface area (Å²) in [5.74, 6) is -0.513. The molecular formula is C19H18BrClN2O2. The van der Waals surface area contributed by atoms with Gasteiger partial charge in [0.05, 0.1) is 17.0 Å². The predicted molar refractivity (Wildman–Crippen MR) is 102 cm³/mol. The van der Waals surface area contributed by atoms with Crippen molar-refractivity contribution in [2.75, 3.05) is 11.9 Å². The molecule has 1 N–H and O–H groups in total. The SMILES string of the molecule is C[C@@H](c1ccccc1)N1C[C@H](C(=O)Nc2ccc(Br)c(Cl)c2)CC1=O. The van der Waals surface area contributed by atoms with E-state index >= 15 is 0 Å². The van der Waals surface area contributed by atoms with Crippen molar-refractivity contribution in [3.63, 3.8) is 0 Å². The molecule has 130 valence electrons. The molecule has 0 aromatic heterocycles. The number of likely N-dealkylation sites (tertiary alicyclic amines) is 1. The van der Waals surface area contributed by atoms with Crippen molar-refractivity contribution in [3.05, 3.63) is 63.6 Å². The van der Waals surface area contributed by atoms with Crippen LogP contribution in [0.2, 0.25) is 5.02 Å². The number of carbonyl (C=O) groups is 2. The highest BCUT2D eigenvalue weighted by atomic mass is 79.9. The summed E-state index contributed by atoms with van der Waals surface area (Å²) >= 11 is 9.37. The fraction of sp³-hybridized carbons (Fsp3) is 0.263. The molecule has 2 aromatic carbocycles. The van der Waals surface area contributed by atoms with Crippen LogP contribution in [0.3, 0.4) is 0 Å². The molecule has 2 atom stereocenters. The lowest BCUT2D eigenvalue weighted by molar-refractivity contribution is -0.129. The number of amides is 2. The van der Waals surface area contributed by atoms with Gasteiger partial charge in [0.1, 0.15) is 0 Å². The van der Waals surface area contributed by atoms with E-state index in [1.54, 1.807) is 23.1 Å². The van der Waals surface area contributed by atoms with Gasteiger partial charge in [-0.25, -0.2) is 0 Å². The number of benzene rings is 2. The van der Waals surface area contributed by atoms with Crippen LogP contribution in [-0.4, -0.2) is 23.3 Å². The summed E-state index contributed by atoms with van der Waals surface area (Å²) in [7, 11) is 0. The normalized spacial score (nSPS) is 18.3. The molecule has 0 radical (unpaired) electrons. The summed E-state index contributed by atoms with van der Waals surface area (Å²) in [6.45, 7) is 2.41. The first kappa shape index (κ1) is 18.0. The van der Waals surface area contributed by atoms with Gasteiger partial charge in [-0.15, -0.1) is 0 Å². The third-order valence-electron chi connectivity index (χ3n) is 4.47. The van der Waals surface area contributed by atoms with Gasteiger partial charge in [0.2, 0.25) is 11.8 Å². The summed E-state index contributed by atoms with van der Waals surface area (Å²) in [5.41, 5.74) is 1.69. The number of carbonyl (C=O) groups excluding carboxylic acids is 2. The summed E-state index contributed by atoms with van der Waals surface area (Å²) in [6, 6.07) is 15.0. The van der Waals surface area contributed by atoms with Crippen LogP contribution in [0.15, 0.2) is 53.0 Å². The van der Waals surface area contributed by atoms with E-state index in [1.807, 2.05) is 37.3 Å². The lowest BCUT2D eigenvalue weighted by Crippen LogP contribution is -2.30. The Morgan fingerprint density at radius 1 is 1.28 bits per heavy atom. The molecule has 3 rings (SSSR count). The molecule has 1 fully saturated rings. The summed E-state index contributed by atoms with van der Waals surface area (Å²) in [5, 5.41) is 3.38. The molecule has 6 heteroatoms. The molecule has 25 heavy (non-hydrogen) atoms. The number of nitrogens with one attached hydrogen (secondary N) is 1.